The van der Waals surface area contributed by atoms with E-state index in [2.05, 4.69) is 29.3 Å². The Hall–Kier alpha value is -2.54. The highest BCUT2D eigenvalue weighted by molar-refractivity contribution is 7.99. The first-order valence-electron chi connectivity index (χ1n) is 10.5. The van der Waals surface area contributed by atoms with Crippen LogP contribution in [0.5, 0.6) is 0 Å². The Morgan fingerprint density at radius 3 is 2.70 bits per heavy atom. The molecule has 158 valence electrons. The average Bonchev–Trinajstić information content (AvgIpc) is 3.43. The number of hydrogen-bond donors (Lipinski definition) is 0. The van der Waals surface area contributed by atoms with Crippen LogP contribution in [0, 0.1) is 6.92 Å². The van der Waals surface area contributed by atoms with Gasteiger partial charge in [0.1, 0.15) is 5.76 Å². The summed E-state index contributed by atoms with van der Waals surface area (Å²) in [6.07, 6.45) is 7.60. The largest absolute Gasteiger partial charge is 0.467 e. The van der Waals surface area contributed by atoms with Crippen molar-refractivity contribution in [2.45, 2.75) is 56.8 Å². The van der Waals surface area contributed by atoms with Crippen molar-refractivity contribution in [3.05, 3.63) is 54.0 Å². The predicted octanol–water partition coefficient (Wildman–Crippen LogP) is 4.78. The number of hydrogen-bond acceptors (Lipinski definition) is 5. The van der Waals surface area contributed by atoms with E-state index in [1.54, 1.807) is 6.26 Å². The molecule has 6 nitrogen and oxygen atoms in total. The molecule has 0 unspecified atom stereocenters. The Balaban J connectivity index is 1.53. The molecule has 2 aromatic heterocycles. The van der Waals surface area contributed by atoms with E-state index >= 15 is 0 Å². The van der Waals surface area contributed by atoms with Crippen LogP contribution in [0.2, 0.25) is 0 Å². The Bertz CT molecular complexity index is 977. The lowest BCUT2D eigenvalue weighted by Crippen LogP contribution is -2.39. The SMILES string of the molecule is Cc1ccccc1-c1nnc(SCC(=O)N(C)C2CCCCC2)n1Cc1ccco1. The van der Waals surface area contributed by atoms with Crippen molar-refractivity contribution in [2.24, 2.45) is 0 Å². The van der Waals surface area contributed by atoms with Gasteiger partial charge in [-0.15, -0.1) is 10.2 Å². The Morgan fingerprint density at radius 2 is 1.97 bits per heavy atom. The maximum absolute atomic E-state index is 12.8. The third kappa shape index (κ3) is 4.61. The molecule has 0 atom stereocenters. The number of amides is 1. The molecule has 0 spiro atoms. The number of thioether (sulfide) groups is 1. The van der Waals surface area contributed by atoms with Gasteiger partial charge >= 0.3 is 0 Å². The summed E-state index contributed by atoms with van der Waals surface area (Å²) >= 11 is 1.45. The van der Waals surface area contributed by atoms with Crippen molar-refractivity contribution >= 4 is 17.7 Å². The molecule has 1 aromatic carbocycles. The van der Waals surface area contributed by atoms with Crippen LogP contribution >= 0.6 is 11.8 Å². The number of carbonyl (C=O) groups excluding carboxylic acids is 1. The van der Waals surface area contributed by atoms with Crippen molar-refractivity contribution in [2.75, 3.05) is 12.8 Å². The molecule has 1 aliphatic carbocycles. The summed E-state index contributed by atoms with van der Waals surface area (Å²) in [6, 6.07) is 12.3. The van der Waals surface area contributed by atoms with E-state index in [0.717, 1.165) is 40.7 Å². The van der Waals surface area contributed by atoms with Gasteiger partial charge in [-0.1, -0.05) is 55.3 Å². The first-order valence-corrected chi connectivity index (χ1v) is 11.5. The van der Waals surface area contributed by atoms with Gasteiger partial charge in [0.15, 0.2) is 11.0 Å². The van der Waals surface area contributed by atoms with Gasteiger partial charge in [0.25, 0.3) is 0 Å². The Labute approximate surface area is 181 Å². The first-order chi connectivity index (χ1) is 14.6. The van der Waals surface area contributed by atoms with Crippen LogP contribution in [0.1, 0.15) is 43.4 Å². The van der Waals surface area contributed by atoms with Gasteiger partial charge < -0.3 is 9.32 Å². The van der Waals surface area contributed by atoms with E-state index in [1.165, 1.54) is 31.0 Å². The predicted molar refractivity (Wildman–Crippen MR) is 118 cm³/mol. The van der Waals surface area contributed by atoms with Crippen LogP contribution in [0.3, 0.4) is 0 Å². The summed E-state index contributed by atoms with van der Waals surface area (Å²) < 4.78 is 7.61. The van der Waals surface area contributed by atoms with Crippen LogP contribution in [-0.4, -0.2) is 44.4 Å². The second kappa shape index (κ2) is 9.51. The number of benzene rings is 1. The Kier molecular flexibility index (Phi) is 6.57. The van der Waals surface area contributed by atoms with Gasteiger partial charge in [-0.05, 0) is 37.5 Å². The minimum Gasteiger partial charge on any atom is -0.467 e. The number of nitrogens with zero attached hydrogens (tertiary/aromatic N) is 4. The zero-order chi connectivity index (χ0) is 20.9. The first kappa shape index (κ1) is 20.7. The third-order valence-electron chi connectivity index (χ3n) is 5.84. The zero-order valence-electron chi connectivity index (χ0n) is 17.6. The number of aromatic nitrogens is 3. The molecule has 0 aliphatic heterocycles. The topological polar surface area (TPSA) is 64.2 Å². The molecular formula is C23H28N4O2S. The van der Waals surface area contributed by atoms with E-state index in [1.807, 2.05) is 40.8 Å². The molecule has 1 saturated carbocycles. The van der Waals surface area contributed by atoms with Gasteiger partial charge in [-0.3, -0.25) is 9.36 Å². The monoisotopic (exact) mass is 424 g/mol. The van der Waals surface area contributed by atoms with Gasteiger partial charge in [0, 0.05) is 18.7 Å². The van der Waals surface area contributed by atoms with E-state index in [0.29, 0.717) is 18.3 Å². The lowest BCUT2D eigenvalue weighted by molar-refractivity contribution is -0.129. The Morgan fingerprint density at radius 1 is 1.17 bits per heavy atom. The number of furan rings is 1. The molecule has 1 fully saturated rings. The molecule has 7 heteroatoms. The minimum atomic E-state index is 0.150. The number of rotatable bonds is 7. The summed E-state index contributed by atoms with van der Waals surface area (Å²) in [5.41, 5.74) is 2.17. The highest BCUT2D eigenvalue weighted by atomic mass is 32.2. The fraction of sp³-hybridized carbons (Fsp3) is 0.435. The molecule has 1 amide bonds. The van der Waals surface area contributed by atoms with E-state index in [4.69, 9.17) is 4.42 Å². The maximum atomic E-state index is 12.8. The fourth-order valence-corrected chi connectivity index (χ4v) is 4.88. The van der Waals surface area contributed by atoms with Crippen molar-refractivity contribution < 1.29 is 9.21 Å². The molecule has 4 rings (SSSR count). The second-order valence-corrected chi connectivity index (χ2v) is 8.81. The molecule has 0 saturated heterocycles. The van der Waals surface area contributed by atoms with Crippen LogP contribution in [-0.2, 0) is 11.3 Å². The summed E-state index contributed by atoms with van der Waals surface area (Å²) in [4.78, 5) is 14.7. The highest BCUT2D eigenvalue weighted by Gasteiger charge is 2.23. The van der Waals surface area contributed by atoms with Gasteiger partial charge in [0.05, 0.1) is 18.6 Å². The molecule has 1 aliphatic rings. The lowest BCUT2D eigenvalue weighted by atomic mass is 9.94. The van der Waals surface area contributed by atoms with Crippen molar-refractivity contribution in [1.29, 1.82) is 0 Å². The van der Waals surface area contributed by atoms with Crippen LogP contribution in [0.25, 0.3) is 11.4 Å². The molecule has 2 heterocycles. The molecule has 0 radical (unpaired) electrons. The zero-order valence-corrected chi connectivity index (χ0v) is 18.4. The fourth-order valence-electron chi connectivity index (χ4n) is 4.02. The summed E-state index contributed by atoms with van der Waals surface area (Å²) in [7, 11) is 1.94. The van der Waals surface area contributed by atoms with Crippen molar-refractivity contribution in [3.63, 3.8) is 0 Å². The van der Waals surface area contributed by atoms with E-state index in [9.17, 15) is 4.79 Å². The highest BCUT2D eigenvalue weighted by Crippen LogP contribution is 2.28. The summed E-state index contributed by atoms with van der Waals surface area (Å²) in [6.45, 7) is 2.59. The second-order valence-electron chi connectivity index (χ2n) is 7.87. The maximum Gasteiger partial charge on any atom is 0.233 e. The molecule has 30 heavy (non-hydrogen) atoms. The van der Waals surface area contributed by atoms with Gasteiger partial charge in [-0.2, -0.15) is 0 Å². The molecule has 3 aromatic rings. The van der Waals surface area contributed by atoms with Gasteiger partial charge in [0.2, 0.25) is 5.91 Å². The normalized spacial score (nSPS) is 14.7. The summed E-state index contributed by atoms with van der Waals surface area (Å²) in [5.74, 6) is 2.13. The van der Waals surface area contributed by atoms with Crippen LogP contribution in [0.4, 0.5) is 0 Å². The minimum absolute atomic E-state index is 0.150. The molecule has 0 N–H and O–H groups in total. The van der Waals surface area contributed by atoms with E-state index in [-0.39, 0.29) is 5.91 Å². The standard InChI is InChI=1S/C23H28N4O2S/c1-17-9-6-7-13-20(17)22-24-25-23(27(22)15-19-12-8-14-29-19)30-16-21(28)26(2)18-10-4-3-5-11-18/h6-9,12-14,18H,3-5,10-11,15-16H2,1-2H3. The lowest BCUT2D eigenvalue weighted by Gasteiger charge is -2.31. The van der Waals surface area contributed by atoms with Crippen molar-refractivity contribution in [1.82, 2.24) is 19.7 Å². The molecule has 0 bridgehead atoms. The van der Waals surface area contributed by atoms with Gasteiger partial charge in [-0.25, -0.2) is 0 Å². The van der Waals surface area contributed by atoms with Crippen LogP contribution < -0.4 is 0 Å². The van der Waals surface area contributed by atoms with Crippen LogP contribution in [0.15, 0.2) is 52.2 Å². The molecular weight excluding hydrogens is 396 g/mol. The smallest absolute Gasteiger partial charge is 0.233 e. The third-order valence-corrected chi connectivity index (χ3v) is 6.79. The van der Waals surface area contributed by atoms with E-state index < -0.39 is 0 Å². The van der Waals surface area contributed by atoms with Crippen molar-refractivity contribution in [3.8, 4) is 11.4 Å². The summed E-state index contributed by atoms with van der Waals surface area (Å²) in [5, 5.41) is 9.62. The number of aryl methyl sites for hydroxylation is 1. The number of carbonyl (C=O) groups is 1. The average molecular weight is 425 g/mol. The quantitative estimate of drug-likeness (QED) is 0.511.